The summed E-state index contributed by atoms with van der Waals surface area (Å²) in [4.78, 5) is 23.7. The van der Waals surface area contributed by atoms with E-state index in [4.69, 9.17) is 10.5 Å². The highest BCUT2D eigenvalue weighted by Gasteiger charge is 2.15. The van der Waals surface area contributed by atoms with Gasteiger partial charge in [-0.2, -0.15) is 0 Å². The van der Waals surface area contributed by atoms with E-state index in [1.807, 2.05) is 0 Å². The van der Waals surface area contributed by atoms with Gasteiger partial charge in [0.2, 0.25) is 5.91 Å². The highest BCUT2D eigenvalue weighted by molar-refractivity contribution is 5.91. The highest BCUT2D eigenvalue weighted by Crippen LogP contribution is 2.24. The maximum atomic E-state index is 11.9. The Hall–Kier alpha value is -2.44. The van der Waals surface area contributed by atoms with Crippen LogP contribution in [0.5, 0.6) is 5.75 Å². The van der Waals surface area contributed by atoms with Crippen LogP contribution < -0.4 is 26.4 Å². The molecule has 0 spiro atoms. The molecule has 1 aliphatic carbocycles. The van der Waals surface area contributed by atoms with Gasteiger partial charge >= 0.3 is 6.03 Å². The molecule has 5 N–H and O–H groups in total. The number of ether oxygens (including phenoxy) is 1. The van der Waals surface area contributed by atoms with Crippen molar-refractivity contribution in [2.45, 2.75) is 51.0 Å². The van der Waals surface area contributed by atoms with Crippen molar-refractivity contribution in [3.63, 3.8) is 0 Å². The van der Waals surface area contributed by atoms with Gasteiger partial charge in [-0.25, -0.2) is 4.79 Å². The zero-order chi connectivity index (χ0) is 18.1. The fourth-order valence-electron chi connectivity index (χ4n) is 2.97. The van der Waals surface area contributed by atoms with E-state index >= 15 is 0 Å². The van der Waals surface area contributed by atoms with E-state index in [9.17, 15) is 9.59 Å². The zero-order valence-electron chi connectivity index (χ0n) is 14.8. The molecule has 1 aliphatic rings. The molecule has 138 valence electrons. The van der Waals surface area contributed by atoms with Gasteiger partial charge in [0.15, 0.2) is 0 Å². The average Bonchev–Trinajstić information content (AvgIpc) is 2.60. The summed E-state index contributed by atoms with van der Waals surface area (Å²) in [7, 11) is 1.54. The lowest BCUT2D eigenvalue weighted by atomic mass is 9.96. The minimum Gasteiger partial charge on any atom is -0.495 e. The normalized spacial score (nSPS) is 14.6. The van der Waals surface area contributed by atoms with Crippen molar-refractivity contribution in [2.24, 2.45) is 0 Å². The molecule has 1 aromatic rings. The van der Waals surface area contributed by atoms with Crippen LogP contribution in [-0.2, 0) is 4.79 Å². The number of nitrogens with two attached hydrogens (primary N) is 1. The Labute approximate surface area is 148 Å². The monoisotopic (exact) mass is 348 g/mol. The minimum atomic E-state index is -0.143. The van der Waals surface area contributed by atoms with Crippen LogP contribution in [0.3, 0.4) is 0 Å². The third kappa shape index (κ3) is 6.52. The molecule has 0 saturated heterocycles. The van der Waals surface area contributed by atoms with Crippen LogP contribution in [0.2, 0.25) is 0 Å². The molecule has 0 heterocycles. The Balaban J connectivity index is 1.61. The molecular formula is C18H28N4O3. The summed E-state index contributed by atoms with van der Waals surface area (Å²) in [6, 6.07) is 5.25. The van der Waals surface area contributed by atoms with Gasteiger partial charge < -0.3 is 26.4 Å². The molecule has 1 saturated carbocycles. The van der Waals surface area contributed by atoms with Gasteiger partial charge in [0, 0.05) is 24.7 Å². The lowest BCUT2D eigenvalue weighted by molar-refractivity contribution is -0.116. The van der Waals surface area contributed by atoms with E-state index in [1.54, 1.807) is 25.3 Å². The molecule has 3 amide bonds. The first kappa shape index (κ1) is 18.9. The lowest BCUT2D eigenvalue weighted by Gasteiger charge is -2.22. The van der Waals surface area contributed by atoms with Crippen molar-refractivity contribution in [1.82, 2.24) is 10.6 Å². The molecule has 1 fully saturated rings. The van der Waals surface area contributed by atoms with E-state index in [1.165, 1.54) is 19.3 Å². The van der Waals surface area contributed by atoms with Crippen LogP contribution >= 0.6 is 0 Å². The summed E-state index contributed by atoms with van der Waals surface area (Å²) in [5, 5.41) is 8.58. The number of carbonyl (C=O) groups excluding carboxylic acids is 2. The van der Waals surface area contributed by atoms with E-state index in [-0.39, 0.29) is 18.0 Å². The topological polar surface area (TPSA) is 105 Å². The van der Waals surface area contributed by atoms with Gasteiger partial charge in [0.05, 0.1) is 12.8 Å². The van der Waals surface area contributed by atoms with Crippen molar-refractivity contribution < 1.29 is 14.3 Å². The van der Waals surface area contributed by atoms with Crippen LogP contribution in [0.15, 0.2) is 18.2 Å². The zero-order valence-corrected chi connectivity index (χ0v) is 14.8. The largest absolute Gasteiger partial charge is 0.495 e. The third-order valence-corrected chi connectivity index (χ3v) is 4.32. The Bertz CT molecular complexity index is 586. The molecule has 2 rings (SSSR count). The molecule has 25 heavy (non-hydrogen) atoms. The number of amides is 3. The Kier molecular flexibility index (Phi) is 7.37. The van der Waals surface area contributed by atoms with Crippen LogP contribution in [-0.4, -0.2) is 31.6 Å². The van der Waals surface area contributed by atoms with Crippen LogP contribution in [0.25, 0.3) is 0 Å². The second kappa shape index (κ2) is 9.76. The Morgan fingerprint density at radius 3 is 2.68 bits per heavy atom. The number of benzene rings is 1. The molecule has 0 aromatic heterocycles. The summed E-state index contributed by atoms with van der Waals surface area (Å²) in [6.45, 7) is 0.469. The minimum absolute atomic E-state index is 0.112. The highest BCUT2D eigenvalue weighted by atomic mass is 16.5. The Morgan fingerprint density at radius 2 is 2.00 bits per heavy atom. The maximum absolute atomic E-state index is 11.9. The SMILES string of the molecule is COc1ccc(NC(=O)CCCNC(=O)NC2CCCCC2)cc1N. The number of urea groups is 1. The lowest BCUT2D eigenvalue weighted by Crippen LogP contribution is -2.43. The number of nitrogen functional groups attached to an aromatic ring is 1. The van der Waals surface area contributed by atoms with E-state index in [0.717, 1.165) is 12.8 Å². The van der Waals surface area contributed by atoms with E-state index in [2.05, 4.69) is 16.0 Å². The first-order valence-corrected chi connectivity index (χ1v) is 8.86. The second-order valence-electron chi connectivity index (χ2n) is 6.34. The van der Waals surface area contributed by atoms with Crippen molar-refractivity contribution in [3.8, 4) is 5.75 Å². The molecule has 0 atom stereocenters. The number of rotatable bonds is 7. The summed E-state index contributed by atoms with van der Waals surface area (Å²) < 4.78 is 5.08. The summed E-state index contributed by atoms with van der Waals surface area (Å²) in [5.74, 6) is 0.463. The van der Waals surface area contributed by atoms with Crippen LogP contribution in [0.4, 0.5) is 16.2 Å². The van der Waals surface area contributed by atoms with Crippen molar-refractivity contribution in [2.75, 3.05) is 24.7 Å². The molecule has 0 aliphatic heterocycles. The van der Waals surface area contributed by atoms with E-state index in [0.29, 0.717) is 36.5 Å². The molecule has 0 bridgehead atoms. The molecule has 1 aromatic carbocycles. The number of anilines is 2. The van der Waals surface area contributed by atoms with Gasteiger partial charge in [-0.3, -0.25) is 4.79 Å². The second-order valence-corrected chi connectivity index (χ2v) is 6.34. The molecule has 7 nitrogen and oxygen atoms in total. The Morgan fingerprint density at radius 1 is 1.24 bits per heavy atom. The number of hydrogen-bond donors (Lipinski definition) is 4. The number of nitrogens with one attached hydrogen (secondary N) is 3. The van der Waals surface area contributed by atoms with Gasteiger partial charge in [0.25, 0.3) is 0 Å². The molecule has 0 radical (unpaired) electrons. The maximum Gasteiger partial charge on any atom is 0.315 e. The summed E-state index contributed by atoms with van der Waals surface area (Å²) in [5.41, 5.74) is 6.91. The first-order valence-electron chi connectivity index (χ1n) is 8.86. The predicted molar refractivity (Wildman–Crippen MR) is 98.7 cm³/mol. The van der Waals surface area contributed by atoms with Crippen molar-refractivity contribution in [1.29, 1.82) is 0 Å². The fraction of sp³-hybridized carbons (Fsp3) is 0.556. The average molecular weight is 348 g/mol. The van der Waals surface area contributed by atoms with Gasteiger partial charge in [-0.15, -0.1) is 0 Å². The van der Waals surface area contributed by atoms with Gasteiger partial charge in [-0.05, 0) is 37.5 Å². The predicted octanol–water partition coefficient (Wildman–Crippen LogP) is 2.63. The fourth-order valence-corrected chi connectivity index (χ4v) is 2.97. The van der Waals surface area contributed by atoms with Crippen molar-refractivity contribution in [3.05, 3.63) is 18.2 Å². The number of hydrogen-bond acceptors (Lipinski definition) is 4. The van der Waals surface area contributed by atoms with E-state index < -0.39 is 0 Å². The smallest absolute Gasteiger partial charge is 0.315 e. The number of methoxy groups -OCH3 is 1. The van der Waals surface area contributed by atoms with Crippen molar-refractivity contribution >= 4 is 23.3 Å². The van der Waals surface area contributed by atoms with Crippen LogP contribution in [0, 0.1) is 0 Å². The van der Waals surface area contributed by atoms with Crippen LogP contribution in [0.1, 0.15) is 44.9 Å². The number of carbonyl (C=O) groups is 2. The third-order valence-electron chi connectivity index (χ3n) is 4.32. The summed E-state index contributed by atoms with van der Waals surface area (Å²) in [6.07, 6.45) is 6.64. The summed E-state index contributed by atoms with van der Waals surface area (Å²) >= 11 is 0. The van der Waals surface area contributed by atoms with Gasteiger partial charge in [-0.1, -0.05) is 19.3 Å². The molecule has 0 unspecified atom stereocenters. The first-order chi connectivity index (χ1) is 12.1. The molecular weight excluding hydrogens is 320 g/mol. The standard InChI is InChI=1S/C18H28N4O3/c1-25-16-10-9-14(12-15(16)19)21-17(23)8-5-11-20-18(24)22-13-6-3-2-4-7-13/h9-10,12-13H,2-8,11,19H2,1H3,(H,21,23)(H2,20,22,24). The van der Waals surface area contributed by atoms with Gasteiger partial charge in [0.1, 0.15) is 5.75 Å². The quantitative estimate of drug-likeness (QED) is 0.449. The molecule has 7 heteroatoms.